The molecule has 0 saturated heterocycles. The van der Waals surface area contributed by atoms with Crippen LogP contribution in [0.3, 0.4) is 0 Å². The second kappa shape index (κ2) is 3.03. The molecule has 1 aromatic carbocycles. The van der Waals surface area contributed by atoms with E-state index in [4.69, 9.17) is 4.74 Å². The zero-order valence-corrected chi connectivity index (χ0v) is 8.78. The highest BCUT2D eigenvalue weighted by molar-refractivity contribution is 9.10. The number of aromatic nitrogens is 1. The van der Waals surface area contributed by atoms with Crippen molar-refractivity contribution >= 4 is 37.5 Å². The Morgan fingerprint density at radius 1 is 1.50 bits per heavy atom. The van der Waals surface area contributed by atoms with Crippen molar-refractivity contribution < 1.29 is 4.74 Å². The molecule has 0 atom stereocenters. The molecule has 0 aliphatic heterocycles. The largest absolute Gasteiger partial charge is 0.480 e. The van der Waals surface area contributed by atoms with Crippen molar-refractivity contribution in [3.05, 3.63) is 22.7 Å². The summed E-state index contributed by atoms with van der Waals surface area (Å²) in [5.41, 5.74) is 0. The summed E-state index contributed by atoms with van der Waals surface area (Å²) in [5.74, 6) is 0.705. The molecular weight excluding hydrogens is 238 g/mol. The Kier molecular flexibility index (Phi) is 2.02. The van der Waals surface area contributed by atoms with E-state index in [0.29, 0.717) is 5.88 Å². The van der Waals surface area contributed by atoms with Gasteiger partial charge in [-0.25, -0.2) is 0 Å². The van der Waals surface area contributed by atoms with Crippen LogP contribution >= 0.6 is 27.5 Å². The predicted octanol–water partition coefficient (Wildman–Crippen LogP) is 3.07. The standard InChI is InChI=1S/C8H6BrNOS/c1-11-8-5-3-2-4-6(9)7(5)12-10-8/h2-4H,1H3. The van der Waals surface area contributed by atoms with Crippen LogP contribution in [0.5, 0.6) is 5.88 Å². The molecule has 0 aliphatic carbocycles. The molecule has 0 bridgehead atoms. The van der Waals surface area contributed by atoms with Gasteiger partial charge in [0.25, 0.3) is 0 Å². The summed E-state index contributed by atoms with van der Waals surface area (Å²) in [7, 11) is 1.63. The van der Waals surface area contributed by atoms with Gasteiger partial charge in [0, 0.05) is 4.47 Å². The third kappa shape index (κ3) is 1.11. The van der Waals surface area contributed by atoms with Gasteiger partial charge in [0.15, 0.2) is 0 Å². The summed E-state index contributed by atoms with van der Waals surface area (Å²) in [4.78, 5) is 0. The van der Waals surface area contributed by atoms with Crippen molar-refractivity contribution in [2.45, 2.75) is 0 Å². The Bertz CT molecular complexity index is 412. The van der Waals surface area contributed by atoms with Gasteiger partial charge in [0.05, 0.1) is 17.2 Å². The third-order valence-corrected chi connectivity index (χ3v) is 3.41. The van der Waals surface area contributed by atoms with Gasteiger partial charge in [0.1, 0.15) is 0 Å². The lowest BCUT2D eigenvalue weighted by atomic mass is 10.3. The molecule has 0 amide bonds. The molecule has 12 heavy (non-hydrogen) atoms. The molecule has 0 radical (unpaired) electrons. The second-order valence-electron chi connectivity index (χ2n) is 2.31. The van der Waals surface area contributed by atoms with E-state index in [1.807, 2.05) is 18.2 Å². The van der Waals surface area contributed by atoms with Gasteiger partial charge in [-0.3, -0.25) is 0 Å². The van der Waals surface area contributed by atoms with Crippen LogP contribution in [0.2, 0.25) is 0 Å². The van der Waals surface area contributed by atoms with Crippen LogP contribution in [0.4, 0.5) is 0 Å². The Hall–Kier alpha value is -0.610. The van der Waals surface area contributed by atoms with E-state index in [2.05, 4.69) is 20.3 Å². The maximum absolute atomic E-state index is 5.10. The van der Waals surface area contributed by atoms with E-state index in [1.165, 1.54) is 11.5 Å². The van der Waals surface area contributed by atoms with Crippen LogP contribution in [0.25, 0.3) is 10.1 Å². The minimum absolute atomic E-state index is 0.705. The Morgan fingerprint density at radius 2 is 2.33 bits per heavy atom. The normalized spacial score (nSPS) is 10.5. The van der Waals surface area contributed by atoms with Crippen molar-refractivity contribution in [2.75, 3.05) is 7.11 Å². The molecular formula is C8H6BrNOS. The molecule has 0 N–H and O–H groups in total. The highest BCUT2D eigenvalue weighted by Gasteiger charge is 2.07. The summed E-state index contributed by atoms with van der Waals surface area (Å²) in [6.07, 6.45) is 0. The molecule has 2 nitrogen and oxygen atoms in total. The smallest absolute Gasteiger partial charge is 0.232 e. The zero-order valence-electron chi connectivity index (χ0n) is 6.37. The summed E-state index contributed by atoms with van der Waals surface area (Å²) in [6, 6.07) is 5.98. The van der Waals surface area contributed by atoms with Crippen LogP contribution in [0.15, 0.2) is 22.7 Å². The first kappa shape index (κ1) is 8.01. The van der Waals surface area contributed by atoms with Crippen LogP contribution in [0.1, 0.15) is 0 Å². The van der Waals surface area contributed by atoms with Gasteiger partial charge >= 0.3 is 0 Å². The number of hydrogen-bond donors (Lipinski definition) is 0. The fraction of sp³-hybridized carbons (Fsp3) is 0.125. The molecule has 62 valence electrons. The molecule has 0 spiro atoms. The molecule has 1 heterocycles. The quantitative estimate of drug-likeness (QED) is 0.769. The topological polar surface area (TPSA) is 22.1 Å². The lowest BCUT2D eigenvalue weighted by Gasteiger charge is -1.94. The van der Waals surface area contributed by atoms with Crippen LogP contribution in [-0.4, -0.2) is 11.5 Å². The van der Waals surface area contributed by atoms with Crippen LogP contribution < -0.4 is 4.74 Å². The van der Waals surface area contributed by atoms with Crippen molar-refractivity contribution in [3.8, 4) is 5.88 Å². The molecule has 0 saturated carbocycles. The molecule has 2 rings (SSSR count). The molecule has 1 aromatic heterocycles. The number of ether oxygens (including phenoxy) is 1. The monoisotopic (exact) mass is 243 g/mol. The molecule has 0 fully saturated rings. The van der Waals surface area contributed by atoms with Crippen molar-refractivity contribution in [2.24, 2.45) is 0 Å². The fourth-order valence-corrected chi connectivity index (χ4v) is 2.39. The van der Waals surface area contributed by atoms with Crippen molar-refractivity contribution in [1.82, 2.24) is 4.37 Å². The Labute approximate surface area is 82.5 Å². The van der Waals surface area contributed by atoms with E-state index in [0.717, 1.165) is 14.6 Å². The van der Waals surface area contributed by atoms with Gasteiger partial charge in [-0.2, -0.15) is 4.37 Å². The summed E-state index contributed by atoms with van der Waals surface area (Å²) >= 11 is 4.90. The predicted molar refractivity (Wildman–Crippen MR) is 53.9 cm³/mol. The van der Waals surface area contributed by atoms with E-state index < -0.39 is 0 Å². The highest BCUT2D eigenvalue weighted by atomic mass is 79.9. The number of nitrogens with zero attached hydrogens (tertiary/aromatic N) is 1. The number of benzene rings is 1. The number of hydrogen-bond acceptors (Lipinski definition) is 3. The maximum atomic E-state index is 5.10. The number of methoxy groups -OCH3 is 1. The minimum atomic E-state index is 0.705. The Balaban J connectivity index is 2.80. The average molecular weight is 244 g/mol. The third-order valence-electron chi connectivity index (χ3n) is 1.61. The molecule has 4 heteroatoms. The Morgan fingerprint density at radius 3 is 3.08 bits per heavy atom. The van der Waals surface area contributed by atoms with E-state index >= 15 is 0 Å². The first-order valence-electron chi connectivity index (χ1n) is 3.41. The average Bonchev–Trinajstić information content (AvgIpc) is 2.49. The zero-order chi connectivity index (χ0) is 8.55. The van der Waals surface area contributed by atoms with Crippen molar-refractivity contribution in [3.63, 3.8) is 0 Å². The molecule has 2 aromatic rings. The molecule has 0 unspecified atom stereocenters. The maximum Gasteiger partial charge on any atom is 0.232 e. The first-order valence-corrected chi connectivity index (χ1v) is 4.97. The first-order chi connectivity index (χ1) is 5.83. The SMILES string of the molecule is COc1nsc2c(Br)cccc12. The lowest BCUT2D eigenvalue weighted by molar-refractivity contribution is 0.407. The summed E-state index contributed by atoms with van der Waals surface area (Å²) < 4.78 is 11.5. The number of fused-ring (bicyclic) bond motifs is 1. The van der Waals surface area contributed by atoms with E-state index in [-0.39, 0.29) is 0 Å². The minimum Gasteiger partial charge on any atom is -0.480 e. The summed E-state index contributed by atoms with van der Waals surface area (Å²) in [5, 5.41) is 1.07. The fourth-order valence-electron chi connectivity index (χ4n) is 1.05. The van der Waals surface area contributed by atoms with E-state index in [9.17, 15) is 0 Å². The molecule has 0 aliphatic rings. The van der Waals surface area contributed by atoms with Gasteiger partial charge in [-0.1, -0.05) is 6.07 Å². The number of rotatable bonds is 1. The summed E-state index contributed by atoms with van der Waals surface area (Å²) in [6.45, 7) is 0. The lowest BCUT2D eigenvalue weighted by Crippen LogP contribution is -1.80. The van der Waals surface area contributed by atoms with Gasteiger partial charge in [-0.15, -0.1) is 0 Å². The van der Waals surface area contributed by atoms with Crippen LogP contribution in [-0.2, 0) is 0 Å². The van der Waals surface area contributed by atoms with Gasteiger partial charge in [-0.05, 0) is 39.6 Å². The number of halogens is 1. The van der Waals surface area contributed by atoms with Gasteiger partial charge < -0.3 is 4.74 Å². The highest BCUT2D eigenvalue weighted by Crippen LogP contribution is 2.33. The van der Waals surface area contributed by atoms with Crippen LogP contribution in [0, 0.1) is 0 Å². The second-order valence-corrected chi connectivity index (χ2v) is 3.94. The van der Waals surface area contributed by atoms with Gasteiger partial charge in [0.2, 0.25) is 5.88 Å². The van der Waals surface area contributed by atoms with Crippen molar-refractivity contribution in [1.29, 1.82) is 0 Å². The van der Waals surface area contributed by atoms with E-state index in [1.54, 1.807) is 7.11 Å².